The van der Waals surface area contributed by atoms with Gasteiger partial charge in [-0.1, -0.05) is 35.3 Å². The smallest absolute Gasteiger partial charge is 0.307 e. The highest BCUT2D eigenvalue weighted by molar-refractivity contribution is 6.31. The quantitative estimate of drug-likeness (QED) is 0.399. The van der Waals surface area contributed by atoms with Crippen LogP contribution in [0.25, 0.3) is 0 Å². The van der Waals surface area contributed by atoms with Crippen LogP contribution >= 0.6 is 23.2 Å². The molecule has 1 aliphatic rings. The summed E-state index contributed by atoms with van der Waals surface area (Å²) in [5.41, 5.74) is 0.828. The number of amides is 4. The van der Waals surface area contributed by atoms with E-state index >= 15 is 0 Å². The van der Waals surface area contributed by atoms with Gasteiger partial charge in [0.25, 0.3) is 0 Å². The van der Waals surface area contributed by atoms with Gasteiger partial charge >= 0.3 is 12.1 Å². The third-order valence-electron chi connectivity index (χ3n) is 4.92. The number of fused-ring (bicyclic) bond motifs is 1. The van der Waals surface area contributed by atoms with Gasteiger partial charge in [0, 0.05) is 24.8 Å². The molecule has 4 amide bonds. The Morgan fingerprint density at radius 3 is 1.91 bits per heavy atom. The van der Waals surface area contributed by atoms with E-state index in [4.69, 9.17) is 23.2 Å². The highest BCUT2D eigenvalue weighted by Gasteiger charge is 2.30. The van der Waals surface area contributed by atoms with E-state index in [2.05, 4.69) is 10.6 Å². The maximum Gasteiger partial charge on any atom is 0.326 e. The van der Waals surface area contributed by atoms with Gasteiger partial charge in [0.2, 0.25) is 0 Å². The Hall–Kier alpha value is -3.43. The number of hydrogen-bond donors (Lipinski definition) is 2. The zero-order chi connectivity index (χ0) is 23.7. The predicted octanol–water partition coefficient (Wildman–Crippen LogP) is 6.50. The molecule has 1 heterocycles. The molecule has 170 valence electrons. The molecule has 3 aromatic rings. The van der Waals surface area contributed by atoms with E-state index in [9.17, 15) is 22.8 Å². The first kappa shape index (κ1) is 22.8. The van der Waals surface area contributed by atoms with Crippen LogP contribution < -0.4 is 20.4 Å². The van der Waals surface area contributed by atoms with E-state index in [1.807, 2.05) is 0 Å². The summed E-state index contributed by atoms with van der Waals surface area (Å²) in [6.07, 6.45) is 0. The van der Waals surface area contributed by atoms with E-state index in [0.717, 1.165) is 12.1 Å². The summed E-state index contributed by atoms with van der Waals surface area (Å²) in [4.78, 5) is 28.5. The normalized spacial score (nSPS) is 12.9. The fourth-order valence-electron chi connectivity index (χ4n) is 3.35. The number of carbonyl (C=O) groups is 2. The van der Waals surface area contributed by atoms with Crippen LogP contribution in [-0.2, 0) is 0 Å². The van der Waals surface area contributed by atoms with Crippen molar-refractivity contribution in [1.29, 1.82) is 0 Å². The van der Waals surface area contributed by atoms with E-state index in [1.165, 1.54) is 21.9 Å². The lowest BCUT2D eigenvalue weighted by Crippen LogP contribution is -2.49. The second-order valence-corrected chi connectivity index (χ2v) is 7.84. The van der Waals surface area contributed by atoms with Crippen LogP contribution in [0.1, 0.15) is 0 Å². The van der Waals surface area contributed by atoms with Gasteiger partial charge in [-0.15, -0.1) is 0 Å². The number of halogens is 5. The number of benzene rings is 3. The molecule has 0 radical (unpaired) electrons. The molecule has 33 heavy (non-hydrogen) atoms. The van der Waals surface area contributed by atoms with Crippen LogP contribution in [0.3, 0.4) is 0 Å². The van der Waals surface area contributed by atoms with E-state index < -0.39 is 29.5 Å². The van der Waals surface area contributed by atoms with Crippen molar-refractivity contribution < 1.29 is 22.8 Å². The van der Waals surface area contributed by atoms with Gasteiger partial charge in [-0.2, -0.15) is 0 Å². The maximum absolute atomic E-state index is 14.1. The standard InChI is InChI=1S/C22H15Cl2F3N4O2/c23-13-9-12(5-6-15(13)25)28-21(32)30-7-8-31(20-4-2-1-3-19(20)30)22(33)29-18-10-14(24)16(26)11-17(18)27/h1-6,9-11H,7-8H2,(H,28,32)(H,29,33). The average Bonchev–Trinajstić information content (AvgIpc) is 2.79. The van der Waals surface area contributed by atoms with Crippen LogP contribution in [0.2, 0.25) is 10.0 Å². The summed E-state index contributed by atoms with van der Waals surface area (Å²) in [7, 11) is 0. The van der Waals surface area contributed by atoms with Gasteiger partial charge < -0.3 is 10.6 Å². The number of carbonyl (C=O) groups excluding carboxylic acids is 2. The topological polar surface area (TPSA) is 64.7 Å². The van der Waals surface area contributed by atoms with Crippen molar-refractivity contribution in [2.24, 2.45) is 0 Å². The molecule has 0 aromatic heterocycles. The zero-order valence-electron chi connectivity index (χ0n) is 16.7. The molecule has 0 fully saturated rings. The van der Waals surface area contributed by atoms with Crippen molar-refractivity contribution in [3.8, 4) is 0 Å². The maximum atomic E-state index is 14.1. The third kappa shape index (κ3) is 4.69. The minimum Gasteiger partial charge on any atom is -0.307 e. The lowest BCUT2D eigenvalue weighted by atomic mass is 10.1. The molecule has 2 N–H and O–H groups in total. The van der Waals surface area contributed by atoms with Crippen molar-refractivity contribution >= 4 is 58.0 Å². The van der Waals surface area contributed by atoms with Crippen LogP contribution in [0.5, 0.6) is 0 Å². The molecule has 0 aliphatic carbocycles. The largest absolute Gasteiger partial charge is 0.326 e. The lowest BCUT2D eigenvalue weighted by molar-refractivity contribution is 0.253. The molecule has 3 aromatic carbocycles. The molecule has 1 aliphatic heterocycles. The van der Waals surface area contributed by atoms with Gasteiger partial charge in [0.05, 0.1) is 27.1 Å². The summed E-state index contributed by atoms with van der Waals surface area (Å²) in [6.45, 7) is 0.189. The molecule has 0 saturated carbocycles. The van der Waals surface area contributed by atoms with Crippen LogP contribution in [0.15, 0.2) is 54.6 Å². The van der Waals surface area contributed by atoms with E-state index in [-0.39, 0.29) is 28.8 Å². The van der Waals surface area contributed by atoms with E-state index in [1.54, 1.807) is 24.3 Å². The Bertz CT molecular complexity index is 1260. The van der Waals surface area contributed by atoms with E-state index in [0.29, 0.717) is 23.1 Å². The van der Waals surface area contributed by atoms with Gasteiger partial charge in [-0.05, 0) is 36.4 Å². The molecule has 6 nitrogen and oxygen atoms in total. The second kappa shape index (κ2) is 9.21. The summed E-state index contributed by atoms with van der Waals surface area (Å²) >= 11 is 11.5. The number of hydrogen-bond acceptors (Lipinski definition) is 2. The molecule has 0 spiro atoms. The highest BCUT2D eigenvalue weighted by Crippen LogP contribution is 2.34. The monoisotopic (exact) mass is 494 g/mol. The Balaban J connectivity index is 1.56. The molecule has 0 saturated heterocycles. The van der Waals surface area contributed by atoms with Crippen molar-refractivity contribution in [3.63, 3.8) is 0 Å². The zero-order valence-corrected chi connectivity index (χ0v) is 18.2. The first-order valence-electron chi connectivity index (χ1n) is 9.60. The number of rotatable bonds is 2. The van der Waals surface area contributed by atoms with Gasteiger partial charge in [0.1, 0.15) is 17.5 Å². The minimum atomic E-state index is -0.977. The fraction of sp³-hybridized carbons (Fsp3) is 0.0909. The first-order chi connectivity index (χ1) is 15.7. The van der Waals surface area contributed by atoms with Crippen LogP contribution in [0.4, 0.5) is 45.5 Å². The second-order valence-electron chi connectivity index (χ2n) is 7.03. The van der Waals surface area contributed by atoms with Gasteiger partial charge in [0.15, 0.2) is 0 Å². The van der Waals surface area contributed by atoms with Crippen LogP contribution in [-0.4, -0.2) is 25.2 Å². The number of nitrogens with zero attached hydrogens (tertiary/aromatic N) is 2. The Morgan fingerprint density at radius 1 is 0.727 bits per heavy atom. The molecular formula is C22H15Cl2F3N4O2. The SMILES string of the molecule is O=C(Nc1ccc(F)c(Cl)c1)N1CCN(C(=O)Nc2cc(Cl)c(F)cc2F)c2ccccc21. The molecule has 0 atom stereocenters. The molecule has 11 heteroatoms. The third-order valence-corrected chi connectivity index (χ3v) is 5.50. The van der Waals surface area contributed by atoms with Crippen molar-refractivity contribution in [3.05, 3.63) is 82.1 Å². The number of para-hydroxylation sites is 2. The minimum absolute atomic E-state index is 0.0803. The summed E-state index contributed by atoms with van der Waals surface area (Å²) in [6, 6.07) is 10.8. The van der Waals surface area contributed by atoms with Crippen molar-refractivity contribution in [2.45, 2.75) is 0 Å². The van der Waals surface area contributed by atoms with Crippen molar-refractivity contribution in [2.75, 3.05) is 33.5 Å². The summed E-state index contributed by atoms with van der Waals surface area (Å²) in [5, 5.41) is 4.54. The predicted molar refractivity (Wildman–Crippen MR) is 122 cm³/mol. The highest BCUT2D eigenvalue weighted by atomic mass is 35.5. The first-order valence-corrected chi connectivity index (χ1v) is 10.4. The van der Waals surface area contributed by atoms with Gasteiger partial charge in [-0.25, -0.2) is 22.8 Å². The lowest BCUT2D eigenvalue weighted by Gasteiger charge is -2.36. The molecule has 0 bridgehead atoms. The fourth-order valence-corrected chi connectivity index (χ4v) is 3.69. The Morgan fingerprint density at radius 2 is 1.30 bits per heavy atom. The number of urea groups is 2. The number of anilines is 4. The Labute approximate surface area is 196 Å². The van der Waals surface area contributed by atoms with Crippen LogP contribution in [0, 0.1) is 17.5 Å². The molecular weight excluding hydrogens is 480 g/mol. The van der Waals surface area contributed by atoms with Gasteiger partial charge in [-0.3, -0.25) is 9.80 Å². The van der Waals surface area contributed by atoms with Crippen molar-refractivity contribution in [1.82, 2.24) is 0 Å². The Kier molecular flexibility index (Phi) is 6.35. The molecule has 4 rings (SSSR count). The average molecular weight is 495 g/mol. The summed E-state index contributed by atoms with van der Waals surface area (Å²) < 4.78 is 40.8. The number of nitrogens with one attached hydrogen (secondary N) is 2. The molecule has 0 unspecified atom stereocenters. The summed E-state index contributed by atoms with van der Waals surface area (Å²) in [5.74, 6) is -2.53.